The average molecular weight is 482 g/mol. The second-order valence-electron chi connectivity index (χ2n) is 8.38. The number of benzene rings is 3. The van der Waals surface area contributed by atoms with Crippen LogP contribution in [0.5, 0.6) is 5.75 Å². The predicted octanol–water partition coefficient (Wildman–Crippen LogP) is 6.32. The number of carbonyl (C=O) groups is 1. The second-order valence-corrected chi connectivity index (χ2v) is 8.38. The lowest BCUT2D eigenvalue weighted by Gasteiger charge is -2.12. The summed E-state index contributed by atoms with van der Waals surface area (Å²) in [5.74, 6) is 0.161. The first-order valence-corrected chi connectivity index (χ1v) is 11.5. The number of para-hydroxylation sites is 1. The number of hydrogen-bond donors (Lipinski definition) is 1. The Bertz CT molecular complexity index is 1530. The summed E-state index contributed by atoms with van der Waals surface area (Å²) >= 11 is 0. The monoisotopic (exact) mass is 481 g/mol. The smallest absolute Gasteiger partial charge is 0.307 e. The molecular weight excluding hydrogens is 457 g/mol. The summed E-state index contributed by atoms with van der Waals surface area (Å²) in [4.78, 5) is 12.4. The molecule has 0 spiro atoms. The number of nitrogens with zero attached hydrogens (tertiary/aromatic N) is 2. The van der Waals surface area contributed by atoms with Gasteiger partial charge in [-0.2, -0.15) is 5.10 Å². The topological polar surface area (TPSA) is 68.8 Å². The number of hydrazone groups is 1. The number of aromatic nitrogens is 1. The molecule has 0 aliphatic heterocycles. The number of halogens is 1. The van der Waals surface area contributed by atoms with Gasteiger partial charge in [-0.15, -0.1) is 0 Å². The highest BCUT2D eigenvalue weighted by molar-refractivity contribution is 5.96. The maximum absolute atomic E-state index is 13.8. The summed E-state index contributed by atoms with van der Waals surface area (Å²) in [5.41, 5.74) is 7.49. The number of rotatable bonds is 7. The van der Waals surface area contributed by atoms with Gasteiger partial charge in [0.2, 0.25) is 0 Å². The van der Waals surface area contributed by atoms with Crippen molar-refractivity contribution in [2.75, 3.05) is 0 Å². The highest BCUT2D eigenvalue weighted by Crippen LogP contribution is 2.23. The normalized spacial score (nSPS) is 11.3. The minimum atomic E-state index is -0.415. The van der Waals surface area contributed by atoms with E-state index in [0.29, 0.717) is 16.9 Å². The molecule has 0 radical (unpaired) electrons. The number of fused-ring (bicyclic) bond motifs is 1. The molecule has 180 valence electrons. The first-order chi connectivity index (χ1) is 17.5. The third kappa shape index (κ3) is 4.77. The molecular formula is C29H24FN3O3. The Hall–Kier alpha value is -4.65. The third-order valence-electron chi connectivity index (χ3n) is 5.94. The highest BCUT2D eigenvalue weighted by Gasteiger charge is 2.13. The Balaban J connectivity index is 1.26. The van der Waals surface area contributed by atoms with Gasteiger partial charge in [0, 0.05) is 33.6 Å². The van der Waals surface area contributed by atoms with E-state index in [1.165, 1.54) is 6.07 Å². The van der Waals surface area contributed by atoms with Crippen LogP contribution in [0.25, 0.3) is 16.7 Å². The Labute approximate surface area is 207 Å². The van der Waals surface area contributed by atoms with E-state index in [4.69, 9.17) is 9.15 Å². The molecule has 6 nitrogen and oxygen atoms in total. The highest BCUT2D eigenvalue weighted by atomic mass is 19.1. The fourth-order valence-electron chi connectivity index (χ4n) is 4.09. The summed E-state index contributed by atoms with van der Waals surface area (Å²) < 4.78 is 27.2. The van der Waals surface area contributed by atoms with Crippen molar-refractivity contribution < 1.29 is 18.3 Å². The van der Waals surface area contributed by atoms with Gasteiger partial charge in [-0.05, 0) is 62.4 Å². The van der Waals surface area contributed by atoms with Gasteiger partial charge in [-0.1, -0.05) is 36.4 Å². The van der Waals surface area contributed by atoms with E-state index < -0.39 is 5.91 Å². The maximum atomic E-state index is 13.8. The van der Waals surface area contributed by atoms with Crippen LogP contribution in [-0.4, -0.2) is 16.7 Å². The second kappa shape index (κ2) is 9.92. The fraction of sp³-hybridized carbons (Fsp3) is 0.103. The van der Waals surface area contributed by atoms with Crippen molar-refractivity contribution in [3.8, 4) is 11.4 Å². The molecule has 0 fully saturated rings. The summed E-state index contributed by atoms with van der Waals surface area (Å²) in [6.45, 7) is 4.14. The molecule has 0 aliphatic carbocycles. The lowest BCUT2D eigenvalue weighted by Crippen LogP contribution is -2.16. The van der Waals surface area contributed by atoms with Crippen molar-refractivity contribution >= 4 is 23.1 Å². The number of ether oxygens (including phenoxy) is 1. The lowest BCUT2D eigenvalue weighted by atomic mass is 10.2. The van der Waals surface area contributed by atoms with Gasteiger partial charge in [0.1, 0.15) is 23.8 Å². The molecule has 7 heteroatoms. The maximum Gasteiger partial charge on any atom is 0.307 e. The minimum absolute atomic E-state index is 0.161. The van der Waals surface area contributed by atoms with Crippen molar-refractivity contribution in [3.63, 3.8) is 0 Å². The average Bonchev–Trinajstić information content (AvgIpc) is 3.44. The fourth-order valence-corrected chi connectivity index (χ4v) is 4.09. The summed E-state index contributed by atoms with van der Waals surface area (Å²) in [5, 5.41) is 4.98. The van der Waals surface area contributed by atoms with E-state index in [-0.39, 0.29) is 18.2 Å². The molecule has 5 aromatic rings. The van der Waals surface area contributed by atoms with E-state index in [1.807, 2.05) is 68.4 Å². The van der Waals surface area contributed by atoms with Crippen LogP contribution in [0.3, 0.4) is 0 Å². The third-order valence-corrected chi connectivity index (χ3v) is 5.94. The minimum Gasteiger partial charge on any atom is -0.489 e. The van der Waals surface area contributed by atoms with Crippen LogP contribution < -0.4 is 10.2 Å². The number of nitrogens with one attached hydrogen (secondary N) is 1. The Morgan fingerprint density at radius 2 is 1.78 bits per heavy atom. The predicted molar refractivity (Wildman–Crippen MR) is 137 cm³/mol. The van der Waals surface area contributed by atoms with E-state index in [1.54, 1.807) is 30.5 Å². The van der Waals surface area contributed by atoms with Crippen LogP contribution in [0.2, 0.25) is 0 Å². The number of amides is 1. The quantitative estimate of drug-likeness (QED) is 0.218. The van der Waals surface area contributed by atoms with Crippen LogP contribution in [0, 0.1) is 19.7 Å². The number of furan rings is 1. The van der Waals surface area contributed by atoms with Gasteiger partial charge >= 0.3 is 5.91 Å². The molecule has 2 heterocycles. The zero-order valence-corrected chi connectivity index (χ0v) is 19.9. The van der Waals surface area contributed by atoms with Gasteiger partial charge in [-0.3, -0.25) is 4.79 Å². The molecule has 0 aliphatic rings. The Morgan fingerprint density at radius 3 is 2.56 bits per heavy atom. The van der Waals surface area contributed by atoms with Gasteiger partial charge in [0.25, 0.3) is 0 Å². The molecule has 5 rings (SSSR count). The lowest BCUT2D eigenvalue weighted by molar-refractivity contribution is 0.0929. The van der Waals surface area contributed by atoms with E-state index >= 15 is 0 Å². The summed E-state index contributed by atoms with van der Waals surface area (Å²) in [6, 6.07) is 25.3. The van der Waals surface area contributed by atoms with E-state index in [9.17, 15) is 9.18 Å². The van der Waals surface area contributed by atoms with Crippen molar-refractivity contribution in [1.29, 1.82) is 0 Å². The van der Waals surface area contributed by atoms with Crippen LogP contribution in [-0.2, 0) is 6.61 Å². The van der Waals surface area contributed by atoms with Crippen LogP contribution in [0.4, 0.5) is 4.39 Å². The molecule has 3 aromatic carbocycles. The zero-order valence-electron chi connectivity index (χ0n) is 19.9. The molecule has 1 N–H and O–H groups in total. The molecule has 0 saturated heterocycles. The molecule has 0 bridgehead atoms. The van der Waals surface area contributed by atoms with Crippen LogP contribution in [0.1, 0.15) is 33.1 Å². The van der Waals surface area contributed by atoms with Crippen molar-refractivity contribution in [1.82, 2.24) is 9.99 Å². The molecule has 0 atom stereocenters. The van der Waals surface area contributed by atoms with Gasteiger partial charge < -0.3 is 13.7 Å². The van der Waals surface area contributed by atoms with E-state index in [2.05, 4.69) is 15.1 Å². The number of aryl methyl sites for hydroxylation is 1. The summed E-state index contributed by atoms with van der Waals surface area (Å²) in [7, 11) is 0. The van der Waals surface area contributed by atoms with Crippen LogP contribution >= 0.6 is 0 Å². The van der Waals surface area contributed by atoms with Gasteiger partial charge in [0.05, 0.1) is 6.21 Å². The first kappa shape index (κ1) is 23.1. The van der Waals surface area contributed by atoms with Crippen molar-refractivity contribution in [2.45, 2.75) is 20.5 Å². The SMILES string of the molecule is Cc1cc(/C=N/NC(=O)c2cc3ccccc3o2)c(C)n1-c1ccc(OCc2ccccc2F)cc1. The molecule has 0 unspecified atom stereocenters. The van der Waals surface area contributed by atoms with Crippen molar-refractivity contribution in [3.05, 3.63) is 119 Å². The molecule has 2 aromatic heterocycles. The van der Waals surface area contributed by atoms with Crippen molar-refractivity contribution in [2.24, 2.45) is 5.10 Å². The molecule has 0 saturated carbocycles. The summed E-state index contributed by atoms with van der Waals surface area (Å²) in [6.07, 6.45) is 1.62. The van der Waals surface area contributed by atoms with Gasteiger partial charge in [0.15, 0.2) is 5.76 Å². The zero-order chi connectivity index (χ0) is 25.1. The first-order valence-electron chi connectivity index (χ1n) is 11.5. The van der Waals surface area contributed by atoms with E-state index in [0.717, 1.165) is 28.0 Å². The Morgan fingerprint density at radius 1 is 1.03 bits per heavy atom. The standard InChI is InChI=1S/C29H24FN3O3/c1-19-15-23(17-31-32-29(34)28-16-21-7-4-6-10-27(21)36-28)20(2)33(19)24-11-13-25(14-12-24)35-18-22-8-3-5-9-26(22)30/h3-17H,18H2,1-2H3,(H,32,34)/b31-17+. The Kier molecular flexibility index (Phi) is 6.36. The molecule has 1 amide bonds. The number of hydrogen-bond acceptors (Lipinski definition) is 4. The van der Waals surface area contributed by atoms with Gasteiger partial charge in [-0.25, -0.2) is 9.82 Å². The molecule has 36 heavy (non-hydrogen) atoms. The van der Waals surface area contributed by atoms with Crippen LogP contribution in [0.15, 0.2) is 94.4 Å². The largest absolute Gasteiger partial charge is 0.489 e. The number of carbonyl (C=O) groups excluding carboxylic acids is 1.